The number of fused-ring (bicyclic) bond motifs is 2. The summed E-state index contributed by atoms with van der Waals surface area (Å²) in [6.07, 6.45) is 4.16. The van der Waals surface area contributed by atoms with Gasteiger partial charge >= 0.3 is 0 Å². The van der Waals surface area contributed by atoms with Gasteiger partial charge in [0.15, 0.2) is 0 Å². The molecule has 0 unspecified atom stereocenters. The van der Waals surface area contributed by atoms with Crippen molar-refractivity contribution in [2.45, 2.75) is 0 Å². The van der Waals surface area contributed by atoms with E-state index in [4.69, 9.17) is 11.6 Å². The van der Waals surface area contributed by atoms with Crippen LogP contribution < -0.4 is 0 Å². The van der Waals surface area contributed by atoms with Crippen LogP contribution in [0.1, 0.15) is 22.3 Å². The molecule has 0 amide bonds. The van der Waals surface area contributed by atoms with E-state index in [0.29, 0.717) is 0 Å². The van der Waals surface area contributed by atoms with Crippen LogP contribution in [0.25, 0.3) is 17.7 Å². The van der Waals surface area contributed by atoms with Gasteiger partial charge in [0.25, 0.3) is 0 Å². The van der Waals surface area contributed by atoms with E-state index < -0.39 is 0 Å². The monoisotopic (exact) mass is 238 g/mol. The van der Waals surface area contributed by atoms with Crippen molar-refractivity contribution >= 4 is 29.3 Å². The Kier molecular flexibility index (Phi) is 2.38. The molecule has 0 fully saturated rings. The van der Waals surface area contributed by atoms with Crippen LogP contribution in [0.2, 0.25) is 5.02 Å². The van der Waals surface area contributed by atoms with E-state index in [2.05, 4.69) is 36.9 Å². The average molecular weight is 239 g/mol. The Hall–Kier alpha value is -1.79. The van der Waals surface area contributed by atoms with Gasteiger partial charge < -0.3 is 0 Å². The van der Waals surface area contributed by atoms with Crippen LogP contribution in [0.3, 0.4) is 0 Å². The van der Waals surface area contributed by atoms with Gasteiger partial charge in [0.05, 0.1) is 0 Å². The molecule has 0 heterocycles. The molecular weight excluding hydrogens is 228 g/mol. The molecule has 2 aromatic carbocycles. The van der Waals surface area contributed by atoms with Crippen molar-refractivity contribution in [3.05, 3.63) is 76.3 Å². The molecule has 0 spiro atoms. The Morgan fingerprint density at radius 3 is 2.47 bits per heavy atom. The molecule has 82 valence electrons. The lowest BCUT2D eigenvalue weighted by Gasteiger charge is -2.10. The molecule has 3 rings (SSSR count). The molecule has 1 aliphatic rings. The van der Waals surface area contributed by atoms with Gasteiger partial charge in [-0.3, -0.25) is 0 Å². The molecule has 0 nitrogen and oxygen atoms in total. The van der Waals surface area contributed by atoms with E-state index in [-0.39, 0.29) is 0 Å². The SMILES string of the molecule is C=C1c2ccccc2C=Cc2c(Cl)cccc21. The minimum Gasteiger partial charge on any atom is -0.0905 e. The fourth-order valence-electron chi connectivity index (χ4n) is 2.20. The molecule has 1 aliphatic carbocycles. The van der Waals surface area contributed by atoms with Crippen LogP contribution in [0.15, 0.2) is 49.0 Å². The van der Waals surface area contributed by atoms with E-state index in [1.165, 1.54) is 11.1 Å². The van der Waals surface area contributed by atoms with Crippen molar-refractivity contribution in [1.29, 1.82) is 0 Å². The highest BCUT2D eigenvalue weighted by Gasteiger charge is 2.14. The molecule has 0 N–H and O–H groups in total. The first-order valence-corrected chi connectivity index (χ1v) is 5.90. The normalized spacial score (nSPS) is 12.9. The molecule has 0 aromatic heterocycles. The fraction of sp³-hybridized carbons (Fsp3) is 0. The lowest BCUT2D eigenvalue weighted by molar-refractivity contribution is 1.54. The maximum atomic E-state index is 6.23. The van der Waals surface area contributed by atoms with Gasteiger partial charge in [-0.2, -0.15) is 0 Å². The quantitative estimate of drug-likeness (QED) is 0.523. The summed E-state index contributed by atoms with van der Waals surface area (Å²) in [6, 6.07) is 14.2. The lowest BCUT2D eigenvalue weighted by atomic mass is 9.95. The smallest absolute Gasteiger partial charge is 0.0484 e. The second-order valence-corrected chi connectivity index (χ2v) is 4.51. The zero-order valence-corrected chi connectivity index (χ0v) is 10.0. The minimum atomic E-state index is 0.771. The van der Waals surface area contributed by atoms with Gasteiger partial charge in [-0.15, -0.1) is 0 Å². The van der Waals surface area contributed by atoms with Gasteiger partial charge in [-0.25, -0.2) is 0 Å². The van der Waals surface area contributed by atoms with Gasteiger partial charge in [-0.05, 0) is 28.3 Å². The molecular formula is C16H11Cl. The largest absolute Gasteiger partial charge is 0.0905 e. The van der Waals surface area contributed by atoms with Crippen molar-refractivity contribution in [2.24, 2.45) is 0 Å². The molecule has 0 atom stereocenters. The third kappa shape index (κ3) is 1.62. The van der Waals surface area contributed by atoms with Crippen LogP contribution >= 0.6 is 11.6 Å². The summed E-state index contributed by atoms with van der Waals surface area (Å²) in [5, 5.41) is 0.771. The van der Waals surface area contributed by atoms with Crippen LogP contribution in [0.4, 0.5) is 0 Å². The zero-order valence-electron chi connectivity index (χ0n) is 9.28. The van der Waals surface area contributed by atoms with Gasteiger partial charge in [0, 0.05) is 10.6 Å². The summed E-state index contributed by atoms with van der Waals surface area (Å²) < 4.78 is 0. The lowest BCUT2D eigenvalue weighted by Crippen LogP contribution is -1.90. The first-order valence-electron chi connectivity index (χ1n) is 5.52. The Bertz CT molecular complexity index is 636. The highest BCUT2D eigenvalue weighted by Crippen LogP contribution is 2.35. The van der Waals surface area contributed by atoms with E-state index in [0.717, 1.165) is 21.7 Å². The maximum Gasteiger partial charge on any atom is 0.0484 e. The van der Waals surface area contributed by atoms with Gasteiger partial charge in [0.2, 0.25) is 0 Å². The van der Waals surface area contributed by atoms with E-state index in [1.807, 2.05) is 24.3 Å². The number of rotatable bonds is 0. The highest BCUT2D eigenvalue weighted by molar-refractivity contribution is 6.32. The summed E-state index contributed by atoms with van der Waals surface area (Å²) in [5.74, 6) is 0. The molecule has 1 heteroatoms. The fourth-order valence-corrected chi connectivity index (χ4v) is 2.44. The minimum absolute atomic E-state index is 0.771. The first-order chi connectivity index (χ1) is 8.27. The van der Waals surface area contributed by atoms with Crippen molar-refractivity contribution in [3.63, 3.8) is 0 Å². The standard InChI is InChI=1S/C16H11Cl/c1-11-13-6-3-2-5-12(13)9-10-15-14(11)7-4-8-16(15)17/h2-10H,1H2. The first kappa shape index (κ1) is 10.4. The van der Waals surface area contributed by atoms with Crippen LogP contribution in [0, 0.1) is 0 Å². The second kappa shape index (κ2) is 3.90. The Morgan fingerprint density at radius 1 is 0.824 bits per heavy atom. The Morgan fingerprint density at radius 2 is 1.59 bits per heavy atom. The Labute approximate surface area is 106 Å². The summed E-state index contributed by atoms with van der Waals surface area (Å²) in [4.78, 5) is 0. The van der Waals surface area contributed by atoms with Crippen molar-refractivity contribution in [3.8, 4) is 0 Å². The third-order valence-corrected chi connectivity index (χ3v) is 3.42. The summed E-state index contributed by atoms with van der Waals surface area (Å²) in [6.45, 7) is 4.20. The molecule has 0 aliphatic heterocycles. The van der Waals surface area contributed by atoms with Gasteiger partial charge in [0.1, 0.15) is 0 Å². The molecule has 0 bridgehead atoms. The molecule has 0 saturated heterocycles. The second-order valence-electron chi connectivity index (χ2n) is 4.10. The predicted octanol–water partition coefficient (Wildman–Crippen LogP) is 4.89. The van der Waals surface area contributed by atoms with Crippen molar-refractivity contribution in [1.82, 2.24) is 0 Å². The van der Waals surface area contributed by atoms with E-state index in [9.17, 15) is 0 Å². The van der Waals surface area contributed by atoms with Crippen LogP contribution in [-0.4, -0.2) is 0 Å². The molecule has 0 saturated carbocycles. The van der Waals surface area contributed by atoms with Crippen molar-refractivity contribution < 1.29 is 0 Å². The molecule has 2 aromatic rings. The van der Waals surface area contributed by atoms with Crippen LogP contribution in [-0.2, 0) is 0 Å². The van der Waals surface area contributed by atoms with E-state index in [1.54, 1.807) is 0 Å². The topological polar surface area (TPSA) is 0 Å². The number of benzene rings is 2. The molecule has 17 heavy (non-hydrogen) atoms. The molecule has 0 radical (unpaired) electrons. The van der Waals surface area contributed by atoms with Crippen LogP contribution in [0.5, 0.6) is 0 Å². The average Bonchev–Trinajstić information content (AvgIpc) is 2.50. The third-order valence-electron chi connectivity index (χ3n) is 3.09. The number of hydrogen-bond donors (Lipinski definition) is 0. The predicted molar refractivity (Wildman–Crippen MR) is 75.0 cm³/mol. The number of hydrogen-bond acceptors (Lipinski definition) is 0. The van der Waals surface area contributed by atoms with Crippen molar-refractivity contribution in [2.75, 3.05) is 0 Å². The zero-order chi connectivity index (χ0) is 11.8. The summed E-state index contributed by atoms with van der Waals surface area (Å²) >= 11 is 6.23. The van der Waals surface area contributed by atoms with E-state index >= 15 is 0 Å². The summed E-state index contributed by atoms with van der Waals surface area (Å²) in [7, 11) is 0. The Balaban J connectivity index is 2.32. The maximum absolute atomic E-state index is 6.23. The number of halogens is 1. The highest BCUT2D eigenvalue weighted by atomic mass is 35.5. The summed E-state index contributed by atoms with van der Waals surface area (Å²) in [5.41, 5.74) is 5.55. The van der Waals surface area contributed by atoms with Gasteiger partial charge in [-0.1, -0.05) is 66.7 Å².